The van der Waals surface area contributed by atoms with Crippen LogP contribution in [0.2, 0.25) is 0 Å². The van der Waals surface area contributed by atoms with Crippen molar-refractivity contribution in [2.75, 3.05) is 13.1 Å². The second-order valence-electron chi connectivity index (χ2n) is 9.44. The maximum atomic E-state index is 13.6. The number of hydrogen-bond acceptors (Lipinski definition) is 2. The van der Waals surface area contributed by atoms with E-state index >= 15 is 0 Å². The average molecular weight is 477 g/mol. The number of carbonyl (C=O) groups excluding carboxylic acids is 2. The zero-order valence-corrected chi connectivity index (χ0v) is 21.0. The molecule has 36 heavy (non-hydrogen) atoms. The van der Waals surface area contributed by atoms with E-state index in [0.29, 0.717) is 24.2 Å². The number of unbranched alkanes of at least 4 members (excludes halogenated alkanes) is 2. The van der Waals surface area contributed by atoms with Gasteiger partial charge in [-0.1, -0.05) is 87.4 Å². The third-order valence-corrected chi connectivity index (χ3v) is 6.92. The van der Waals surface area contributed by atoms with Gasteiger partial charge in [-0.15, -0.1) is 0 Å². The third kappa shape index (κ3) is 4.39. The summed E-state index contributed by atoms with van der Waals surface area (Å²) in [6.07, 6.45) is 8.05. The fraction of sp³-hybridized carbons (Fsp3) is 0.250. The molecule has 0 aliphatic carbocycles. The predicted molar refractivity (Wildman–Crippen MR) is 147 cm³/mol. The second-order valence-corrected chi connectivity index (χ2v) is 9.44. The smallest absolute Gasteiger partial charge is 0.259 e. The first kappa shape index (κ1) is 23.8. The van der Waals surface area contributed by atoms with Gasteiger partial charge in [-0.3, -0.25) is 9.59 Å². The van der Waals surface area contributed by atoms with E-state index < -0.39 is 0 Å². The van der Waals surface area contributed by atoms with Gasteiger partial charge in [0.2, 0.25) is 0 Å². The van der Waals surface area contributed by atoms with Gasteiger partial charge in [0.25, 0.3) is 11.8 Å². The molecule has 0 bridgehead atoms. The maximum absolute atomic E-state index is 13.6. The summed E-state index contributed by atoms with van der Waals surface area (Å²) >= 11 is 0. The molecule has 0 unspecified atom stereocenters. The summed E-state index contributed by atoms with van der Waals surface area (Å²) in [6, 6.07) is 24.1. The van der Waals surface area contributed by atoms with E-state index in [9.17, 15) is 9.59 Å². The molecule has 0 atom stereocenters. The highest BCUT2D eigenvalue weighted by Crippen LogP contribution is 2.42. The molecule has 182 valence electrons. The molecule has 5 rings (SSSR count). The van der Waals surface area contributed by atoms with Crippen LogP contribution in [0.3, 0.4) is 0 Å². The summed E-state index contributed by atoms with van der Waals surface area (Å²) in [7, 11) is 0. The standard InChI is InChI=1S/C32H32N2O2/c1-3-5-17-33-29(19-23-13-9-7-10-14-23)25-21-26-28(22-27(25)31(33)35)32(36)34(18-6-4-2)30(26)20-24-15-11-8-12-16-24/h7-16,19-22H,3-6,17-18H2,1-2H3/b29-19-,30-20-. The summed E-state index contributed by atoms with van der Waals surface area (Å²) < 4.78 is 0. The van der Waals surface area contributed by atoms with E-state index in [4.69, 9.17) is 0 Å². The molecule has 0 N–H and O–H groups in total. The van der Waals surface area contributed by atoms with Crippen molar-refractivity contribution in [3.63, 3.8) is 0 Å². The monoisotopic (exact) mass is 476 g/mol. The normalized spacial score (nSPS) is 16.8. The molecular weight excluding hydrogens is 444 g/mol. The number of amides is 2. The van der Waals surface area contributed by atoms with Crippen molar-refractivity contribution in [3.8, 4) is 0 Å². The Morgan fingerprint density at radius 3 is 1.36 bits per heavy atom. The van der Waals surface area contributed by atoms with E-state index in [2.05, 4.69) is 56.3 Å². The Bertz CT molecular complexity index is 1240. The van der Waals surface area contributed by atoms with Crippen molar-refractivity contribution in [1.82, 2.24) is 9.80 Å². The van der Waals surface area contributed by atoms with Gasteiger partial charge in [0.05, 0.1) is 22.5 Å². The van der Waals surface area contributed by atoms with E-state index in [0.717, 1.165) is 59.3 Å². The zero-order valence-electron chi connectivity index (χ0n) is 21.0. The summed E-state index contributed by atoms with van der Waals surface area (Å²) in [4.78, 5) is 30.9. The molecule has 4 nitrogen and oxygen atoms in total. The number of benzene rings is 3. The lowest BCUT2D eigenvalue weighted by Crippen LogP contribution is -2.25. The number of nitrogens with zero attached hydrogens (tertiary/aromatic N) is 2. The van der Waals surface area contributed by atoms with Crippen LogP contribution < -0.4 is 0 Å². The molecule has 3 aromatic rings. The molecular formula is C32H32N2O2. The number of hydrogen-bond donors (Lipinski definition) is 0. The molecule has 2 aliphatic rings. The second kappa shape index (κ2) is 10.4. The molecule has 0 fully saturated rings. The Hall–Kier alpha value is -3.92. The molecule has 2 amide bonds. The van der Waals surface area contributed by atoms with Crippen molar-refractivity contribution in [3.05, 3.63) is 106 Å². The summed E-state index contributed by atoms with van der Waals surface area (Å²) in [5.74, 6) is -0.0337. The van der Waals surface area contributed by atoms with E-state index in [1.165, 1.54) is 0 Å². The Kier molecular flexibility index (Phi) is 6.86. The van der Waals surface area contributed by atoms with E-state index in [-0.39, 0.29) is 11.8 Å². The first-order chi connectivity index (χ1) is 17.6. The van der Waals surface area contributed by atoms with Gasteiger partial charge in [0.15, 0.2) is 0 Å². The van der Waals surface area contributed by atoms with Gasteiger partial charge in [-0.05, 0) is 48.3 Å². The van der Waals surface area contributed by atoms with Gasteiger partial charge >= 0.3 is 0 Å². The topological polar surface area (TPSA) is 40.6 Å². The van der Waals surface area contributed by atoms with Gasteiger partial charge in [0.1, 0.15) is 0 Å². The Labute approximate surface area is 213 Å². The minimum absolute atomic E-state index is 0.0168. The Morgan fingerprint density at radius 2 is 0.972 bits per heavy atom. The molecule has 0 aromatic heterocycles. The predicted octanol–water partition coefficient (Wildman–Crippen LogP) is 7.19. The Balaban J connectivity index is 1.67. The first-order valence-corrected chi connectivity index (χ1v) is 13.0. The third-order valence-electron chi connectivity index (χ3n) is 6.92. The van der Waals surface area contributed by atoms with Crippen molar-refractivity contribution < 1.29 is 9.59 Å². The lowest BCUT2D eigenvalue weighted by atomic mass is 9.97. The van der Waals surface area contributed by atoms with Crippen LogP contribution in [0, 0.1) is 0 Å². The minimum atomic E-state index is -0.0168. The number of rotatable bonds is 8. The molecule has 0 saturated carbocycles. The highest BCUT2D eigenvalue weighted by atomic mass is 16.2. The molecule has 0 radical (unpaired) electrons. The van der Waals surface area contributed by atoms with Gasteiger partial charge < -0.3 is 9.80 Å². The van der Waals surface area contributed by atoms with E-state index in [1.807, 2.05) is 52.3 Å². The van der Waals surface area contributed by atoms with Crippen LogP contribution in [0.5, 0.6) is 0 Å². The van der Waals surface area contributed by atoms with Gasteiger partial charge in [-0.25, -0.2) is 0 Å². The molecule has 0 spiro atoms. The van der Waals surface area contributed by atoms with Crippen molar-refractivity contribution in [2.45, 2.75) is 39.5 Å². The lowest BCUT2D eigenvalue weighted by Gasteiger charge is -2.19. The molecule has 0 saturated heterocycles. The van der Waals surface area contributed by atoms with Crippen LogP contribution in [0.15, 0.2) is 72.8 Å². The minimum Gasteiger partial charge on any atom is -0.308 e. The average Bonchev–Trinajstić information content (AvgIpc) is 3.31. The quantitative estimate of drug-likeness (QED) is 0.345. The van der Waals surface area contributed by atoms with Gasteiger partial charge in [0, 0.05) is 24.2 Å². The molecule has 2 aliphatic heterocycles. The summed E-state index contributed by atoms with van der Waals surface area (Å²) in [5, 5.41) is 0. The van der Waals surface area contributed by atoms with Crippen LogP contribution in [0.25, 0.3) is 23.5 Å². The largest absolute Gasteiger partial charge is 0.308 e. The van der Waals surface area contributed by atoms with Crippen molar-refractivity contribution in [1.29, 1.82) is 0 Å². The van der Waals surface area contributed by atoms with Gasteiger partial charge in [-0.2, -0.15) is 0 Å². The van der Waals surface area contributed by atoms with Crippen LogP contribution >= 0.6 is 0 Å². The Morgan fingerprint density at radius 1 is 0.583 bits per heavy atom. The maximum Gasteiger partial charge on any atom is 0.259 e. The van der Waals surface area contributed by atoms with Crippen LogP contribution in [0.1, 0.15) is 82.5 Å². The summed E-state index contributed by atoms with van der Waals surface area (Å²) in [5.41, 5.74) is 6.98. The van der Waals surface area contributed by atoms with Crippen LogP contribution in [0.4, 0.5) is 0 Å². The lowest BCUT2D eigenvalue weighted by molar-refractivity contribution is 0.0848. The highest BCUT2D eigenvalue weighted by Gasteiger charge is 2.38. The molecule has 3 aromatic carbocycles. The molecule has 2 heterocycles. The fourth-order valence-corrected chi connectivity index (χ4v) is 4.98. The van der Waals surface area contributed by atoms with Crippen LogP contribution in [-0.4, -0.2) is 34.7 Å². The highest BCUT2D eigenvalue weighted by molar-refractivity contribution is 6.17. The zero-order chi connectivity index (χ0) is 25.1. The van der Waals surface area contributed by atoms with Crippen molar-refractivity contribution in [2.24, 2.45) is 0 Å². The fourth-order valence-electron chi connectivity index (χ4n) is 4.98. The van der Waals surface area contributed by atoms with Crippen LogP contribution in [-0.2, 0) is 0 Å². The first-order valence-electron chi connectivity index (χ1n) is 13.0. The van der Waals surface area contributed by atoms with Crippen molar-refractivity contribution >= 4 is 35.4 Å². The molecule has 4 heteroatoms. The van der Waals surface area contributed by atoms with E-state index in [1.54, 1.807) is 0 Å². The number of carbonyl (C=O) groups is 2. The summed E-state index contributed by atoms with van der Waals surface area (Å²) in [6.45, 7) is 5.59. The number of fused-ring (bicyclic) bond motifs is 2. The SMILES string of the molecule is CCCCN1C(=O)c2cc3c(cc2/C1=C/c1ccccc1)/C(=C/c1ccccc1)N(CCCC)C3=O.